The Morgan fingerprint density at radius 3 is 2.69 bits per heavy atom. The highest BCUT2D eigenvalue weighted by molar-refractivity contribution is 5.92. The predicted molar refractivity (Wildman–Crippen MR) is 110 cm³/mol. The van der Waals surface area contributed by atoms with E-state index < -0.39 is 5.91 Å². The van der Waals surface area contributed by atoms with E-state index in [1.165, 1.54) is 24.0 Å². The summed E-state index contributed by atoms with van der Waals surface area (Å²) in [7, 11) is 1.94. The van der Waals surface area contributed by atoms with Gasteiger partial charge in [-0.3, -0.25) is 4.79 Å². The molecule has 2 aromatic heterocycles. The molecule has 1 amide bonds. The first-order chi connectivity index (χ1) is 14.0. The Balaban J connectivity index is 1.28. The number of carbonyl (C=O) groups is 1. The molecule has 152 valence electrons. The maximum Gasteiger partial charge on any atom is 0.251 e. The lowest BCUT2D eigenvalue weighted by Gasteiger charge is -2.32. The topological polar surface area (TPSA) is 89.1 Å². The zero-order valence-electron chi connectivity index (χ0n) is 16.4. The van der Waals surface area contributed by atoms with Crippen LogP contribution < -0.4 is 16.0 Å². The van der Waals surface area contributed by atoms with Crippen molar-refractivity contribution in [2.24, 2.45) is 18.7 Å². The molecule has 1 fully saturated rings. The SMILES string of the molecule is Cn1cc(CNCC2CCN(c3ncc(C(N)=O)cn3)CC2)c2ccc(F)cc21. The third-order valence-electron chi connectivity index (χ3n) is 5.60. The summed E-state index contributed by atoms with van der Waals surface area (Å²) in [5, 5.41) is 4.65. The number of hydrogen-bond acceptors (Lipinski definition) is 5. The van der Waals surface area contributed by atoms with Gasteiger partial charge in [-0.25, -0.2) is 14.4 Å². The zero-order valence-corrected chi connectivity index (χ0v) is 16.4. The van der Waals surface area contributed by atoms with E-state index in [0.717, 1.165) is 49.9 Å². The number of benzene rings is 1. The highest BCUT2D eigenvalue weighted by Gasteiger charge is 2.21. The van der Waals surface area contributed by atoms with Gasteiger partial charge in [0.15, 0.2) is 0 Å². The molecule has 29 heavy (non-hydrogen) atoms. The van der Waals surface area contributed by atoms with Crippen LogP contribution in [-0.4, -0.2) is 40.1 Å². The average Bonchev–Trinajstić information content (AvgIpc) is 3.03. The number of nitrogens with one attached hydrogen (secondary N) is 1. The largest absolute Gasteiger partial charge is 0.366 e. The molecule has 3 heterocycles. The highest BCUT2D eigenvalue weighted by atomic mass is 19.1. The third-order valence-corrected chi connectivity index (χ3v) is 5.60. The number of nitrogens with two attached hydrogens (primary N) is 1. The van der Waals surface area contributed by atoms with Gasteiger partial charge >= 0.3 is 0 Å². The first-order valence-corrected chi connectivity index (χ1v) is 9.82. The van der Waals surface area contributed by atoms with E-state index >= 15 is 0 Å². The van der Waals surface area contributed by atoms with Crippen molar-refractivity contribution in [3.63, 3.8) is 0 Å². The van der Waals surface area contributed by atoms with Crippen molar-refractivity contribution >= 4 is 22.8 Å². The number of hydrogen-bond donors (Lipinski definition) is 2. The number of fused-ring (bicyclic) bond motifs is 1. The summed E-state index contributed by atoms with van der Waals surface area (Å²) in [6.07, 6.45) is 7.12. The lowest BCUT2D eigenvalue weighted by atomic mass is 9.97. The highest BCUT2D eigenvalue weighted by Crippen LogP contribution is 2.23. The van der Waals surface area contributed by atoms with Crippen molar-refractivity contribution in [1.29, 1.82) is 0 Å². The van der Waals surface area contributed by atoms with Gasteiger partial charge in [-0.05, 0) is 49.1 Å². The molecular weight excluding hydrogens is 371 g/mol. The van der Waals surface area contributed by atoms with Crippen LogP contribution >= 0.6 is 0 Å². The van der Waals surface area contributed by atoms with E-state index in [1.54, 1.807) is 6.07 Å². The Morgan fingerprint density at radius 1 is 1.28 bits per heavy atom. The molecule has 1 aromatic carbocycles. The molecule has 7 nitrogen and oxygen atoms in total. The second kappa shape index (κ2) is 8.16. The van der Waals surface area contributed by atoms with Gasteiger partial charge in [-0.1, -0.05) is 0 Å². The second-order valence-corrected chi connectivity index (χ2v) is 7.62. The predicted octanol–water partition coefficient (Wildman–Crippen LogP) is 2.21. The Hall–Kier alpha value is -3.00. The fraction of sp³-hybridized carbons (Fsp3) is 0.381. The summed E-state index contributed by atoms with van der Waals surface area (Å²) in [5.74, 6) is 0.504. The third kappa shape index (κ3) is 4.22. The van der Waals surface area contributed by atoms with Gasteiger partial charge in [0.1, 0.15) is 5.82 Å². The Labute approximate surface area is 168 Å². The summed E-state index contributed by atoms with van der Waals surface area (Å²) in [6.45, 7) is 3.47. The van der Waals surface area contributed by atoms with Crippen molar-refractivity contribution in [1.82, 2.24) is 19.9 Å². The Kier molecular flexibility index (Phi) is 5.44. The second-order valence-electron chi connectivity index (χ2n) is 7.62. The molecule has 8 heteroatoms. The van der Waals surface area contributed by atoms with Crippen LogP contribution in [0.3, 0.4) is 0 Å². The van der Waals surface area contributed by atoms with Gasteiger partial charge in [0.05, 0.1) is 11.1 Å². The van der Waals surface area contributed by atoms with Crippen LogP contribution in [0.4, 0.5) is 10.3 Å². The number of anilines is 1. The standard InChI is InChI=1S/C21H25FN6O/c1-27-13-16(18-3-2-17(22)8-19(18)27)10-24-9-14-4-6-28(7-5-14)21-25-11-15(12-26-21)20(23)29/h2-3,8,11-14,24H,4-7,9-10H2,1H3,(H2,23,29). The number of halogens is 1. The molecule has 3 aromatic rings. The van der Waals surface area contributed by atoms with Gasteiger partial charge < -0.3 is 20.5 Å². The van der Waals surface area contributed by atoms with Crippen LogP contribution in [0.2, 0.25) is 0 Å². The molecule has 0 unspecified atom stereocenters. The monoisotopic (exact) mass is 396 g/mol. The summed E-state index contributed by atoms with van der Waals surface area (Å²) in [4.78, 5) is 21.8. The summed E-state index contributed by atoms with van der Waals surface area (Å²) >= 11 is 0. The molecule has 4 rings (SSSR count). The molecule has 0 bridgehead atoms. The van der Waals surface area contributed by atoms with Crippen molar-refractivity contribution < 1.29 is 9.18 Å². The number of aryl methyl sites for hydroxylation is 1. The minimum absolute atomic E-state index is 0.210. The van der Waals surface area contributed by atoms with E-state index in [2.05, 4.69) is 26.4 Å². The average molecular weight is 396 g/mol. The molecule has 0 radical (unpaired) electrons. The molecule has 0 aliphatic carbocycles. The minimum Gasteiger partial charge on any atom is -0.366 e. The zero-order chi connectivity index (χ0) is 20.4. The fourth-order valence-electron chi connectivity index (χ4n) is 3.94. The van der Waals surface area contributed by atoms with E-state index in [4.69, 9.17) is 5.73 Å². The van der Waals surface area contributed by atoms with Crippen LogP contribution in [0, 0.1) is 11.7 Å². The number of piperidine rings is 1. The number of rotatable bonds is 6. The molecule has 1 saturated heterocycles. The van der Waals surface area contributed by atoms with Crippen molar-refractivity contribution in [2.75, 3.05) is 24.5 Å². The molecular formula is C21H25FN6O. The van der Waals surface area contributed by atoms with Gasteiger partial charge in [0, 0.05) is 50.7 Å². The Morgan fingerprint density at radius 2 is 2.00 bits per heavy atom. The van der Waals surface area contributed by atoms with E-state index in [-0.39, 0.29) is 5.82 Å². The normalized spacial score (nSPS) is 15.2. The number of amides is 1. The molecule has 0 saturated carbocycles. The molecule has 0 atom stereocenters. The van der Waals surface area contributed by atoms with Gasteiger partial charge in [-0.15, -0.1) is 0 Å². The number of aromatic nitrogens is 3. The Bertz CT molecular complexity index is 1010. The molecule has 0 spiro atoms. The van der Waals surface area contributed by atoms with Crippen LogP contribution in [0.5, 0.6) is 0 Å². The summed E-state index contributed by atoms with van der Waals surface area (Å²) in [6, 6.07) is 4.94. The molecule has 1 aliphatic rings. The van der Waals surface area contributed by atoms with E-state index in [1.807, 2.05) is 17.7 Å². The lowest BCUT2D eigenvalue weighted by molar-refractivity contribution is 0.0999. The fourth-order valence-corrected chi connectivity index (χ4v) is 3.94. The molecule has 3 N–H and O–H groups in total. The van der Waals surface area contributed by atoms with Crippen molar-refractivity contribution in [3.8, 4) is 0 Å². The van der Waals surface area contributed by atoms with E-state index in [9.17, 15) is 9.18 Å². The number of carbonyl (C=O) groups excluding carboxylic acids is 1. The van der Waals surface area contributed by atoms with Crippen LogP contribution in [0.15, 0.2) is 36.8 Å². The van der Waals surface area contributed by atoms with Crippen molar-refractivity contribution in [3.05, 3.63) is 53.7 Å². The quantitative estimate of drug-likeness (QED) is 0.667. The summed E-state index contributed by atoms with van der Waals surface area (Å²) in [5.41, 5.74) is 7.65. The maximum absolute atomic E-state index is 13.5. The van der Waals surface area contributed by atoms with Crippen molar-refractivity contribution in [2.45, 2.75) is 19.4 Å². The first kappa shape index (κ1) is 19.3. The van der Waals surface area contributed by atoms with Crippen LogP contribution in [0.25, 0.3) is 10.9 Å². The minimum atomic E-state index is -0.516. The van der Waals surface area contributed by atoms with Gasteiger partial charge in [-0.2, -0.15) is 0 Å². The first-order valence-electron chi connectivity index (χ1n) is 9.82. The number of primary amides is 1. The lowest BCUT2D eigenvalue weighted by Crippen LogP contribution is -2.38. The van der Waals surface area contributed by atoms with Gasteiger partial charge in [0.2, 0.25) is 5.95 Å². The smallest absolute Gasteiger partial charge is 0.251 e. The van der Waals surface area contributed by atoms with Crippen LogP contribution in [-0.2, 0) is 13.6 Å². The van der Waals surface area contributed by atoms with E-state index in [0.29, 0.717) is 17.4 Å². The number of nitrogens with zero attached hydrogens (tertiary/aromatic N) is 4. The maximum atomic E-state index is 13.5. The molecule has 1 aliphatic heterocycles. The summed E-state index contributed by atoms with van der Waals surface area (Å²) < 4.78 is 15.4. The van der Waals surface area contributed by atoms with Crippen LogP contribution in [0.1, 0.15) is 28.8 Å². The van der Waals surface area contributed by atoms with Gasteiger partial charge in [0.25, 0.3) is 5.91 Å².